The Morgan fingerprint density at radius 2 is 2.05 bits per heavy atom. The van der Waals surface area contributed by atoms with Gasteiger partial charge in [-0.15, -0.1) is 11.8 Å². The standard InChI is InChI=1S/C14H14N4OS/c1-9-16-13(10(8-15)14(17-9)20-3)18-11-6-4-5-7-12(11)19-2/h4-7H,1-3H3,(H,16,17,18). The summed E-state index contributed by atoms with van der Waals surface area (Å²) in [6.07, 6.45) is 1.88. The van der Waals surface area contributed by atoms with Crippen LogP contribution in [0, 0.1) is 18.3 Å². The minimum atomic E-state index is 0.439. The smallest absolute Gasteiger partial charge is 0.153 e. The highest BCUT2D eigenvalue weighted by atomic mass is 32.2. The molecule has 102 valence electrons. The predicted octanol–water partition coefficient (Wildman–Crippen LogP) is 3.13. The largest absolute Gasteiger partial charge is 0.495 e. The van der Waals surface area contributed by atoms with Crippen LogP contribution in [0.15, 0.2) is 29.3 Å². The lowest BCUT2D eigenvalue weighted by molar-refractivity contribution is 0.417. The van der Waals surface area contributed by atoms with E-state index in [1.165, 1.54) is 11.8 Å². The number of aromatic nitrogens is 2. The van der Waals surface area contributed by atoms with Crippen LogP contribution in [0.3, 0.4) is 0 Å². The molecule has 20 heavy (non-hydrogen) atoms. The molecule has 6 heteroatoms. The molecule has 0 saturated heterocycles. The fraction of sp³-hybridized carbons (Fsp3) is 0.214. The molecule has 0 radical (unpaired) electrons. The van der Waals surface area contributed by atoms with Crippen molar-refractivity contribution in [3.63, 3.8) is 0 Å². The average Bonchev–Trinajstić information content (AvgIpc) is 2.47. The SMILES string of the molecule is COc1ccccc1Nc1nc(C)nc(SC)c1C#N. The zero-order chi connectivity index (χ0) is 14.5. The fourth-order valence-electron chi connectivity index (χ4n) is 1.76. The van der Waals surface area contributed by atoms with E-state index in [-0.39, 0.29) is 0 Å². The molecule has 1 aromatic heterocycles. The van der Waals surface area contributed by atoms with Crippen molar-refractivity contribution in [1.29, 1.82) is 5.26 Å². The third kappa shape index (κ3) is 2.83. The number of hydrogen-bond donors (Lipinski definition) is 1. The van der Waals surface area contributed by atoms with Crippen LogP contribution in [0.1, 0.15) is 11.4 Å². The Morgan fingerprint density at radius 1 is 1.30 bits per heavy atom. The van der Waals surface area contributed by atoms with Crippen molar-refractivity contribution < 1.29 is 4.74 Å². The number of hydrogen-bond acceptors (Lipinski definition) is 6. The monoisotopic (exact) mass is 286 g/mol. The van der Waals surface area contributed by atoms with E-state index in [1.807, 2.05) is 30.5 Å². The van der Waals surface area contributed by atoms with Crippen LogP contribution >= 0.6 is 11.8 Å². The molecule has 0 spiro atoms. The van der Waals surface area contributed by atoms with Gasteiger partial charge in [-0.1, -0.05) is 12.1 Å². The number of para-hydroxylation sites is 2. The van der Waals surface area contributed by atoms with Gasteiger partial charge in [-0.05, 0) is 25.3 Å². The molecular formula is C14H14N4OS. The molecule has 2 rings (SSSR count). The highest BCUT2D eigenvalue weighted by Crippen LogP contribution is 2.30. The van der Waals surface area contributed by atoms with Gasteiger partial charge in [0.15, 0.2) is 5.82 Å². The van der Waals surface area contributed by atoms with Crippen LogP contribution in [-0.4, -0.2) is 23.3 Å². The van der Waals surface area contributed by atoms with Crippen molar-refractivity contribution in [2.45, 2.75) is 11.9 Å². The normalized spacial score (nSPS) is 9.90. The van der Waals surface area contributed by atoms with Crippen molar-refractivity contribution in [2.75, 3.05) is 18.7 Å². The Balaban J connectivity index is 2.48. The van der Waals surface area contributed by atoms with E-state index in [2.05, 4.69) is 21.4 Å². The summed E-state index contributed by atoms with van der Waals surface area (Å²) >= 11 is 1.42. The molecule has 5 nitrogen and oxygen atoms in total. The minimum Gasteiger partial charge on any atom is -0.495 e. The van der Waals surface area contributed by atoms with Crippen LogP contribution in [0.4, 0.5) is 11.5 Å². The van der Waals surface area contributed by atoms with Gasteiger partial charge in [-0.3, -0.25) is 0 Å². The molecule has 0 aliphatic carbocycles. The predicted molar refractivity (Wildman–Crippen MR) is 79.5 cm³/mol. The van der Waals surface area contributed by atoms with Gasteiger partial charge in [0.2, 0.25) is 0 Å². The van der Waals surface area contributed by atoms with Gasteiger partial charge in [0.05, 0.1) is 12.8 Å². The number of benzene rings is 1. The number of thioether (sulfide) groups is 1. The van der Waals surface area contributed by atoms with Gasteiger partial charge in [0.1, 0.15) is 28.2 Å². The highest BCUT2D eigenvalue weighted by Gasteiger charge is 2.13. The van der Waals surface area contributed by atoms with E-state index in [4.69, 9.17) is 4.74 Å². The van der Waals surface area contributed by atoms with E-state index in [0.29, 0.717) is 28.0 Å². The Labute approximate surface area is 122 Å². The molecule has 1 heterocycles. The van der Waals surface area contributed by atoms with E-state index in [1.54, 1.807) is 14.0 Å². The number of nitriles is 1. The topological polar surface area (TPSA) is 70.8 Å². The molecule has 0 aliphatic heterocycles. The first kappa shape index (κ1) is 14.2. The number of aryl methyl sites for hydroxylation is 1. The molecule has 0 unspecified atom stereocenters. The molecule has 0 atom stereocenters. The summed E-state index contributed by atoms with van der Waals surface area (Å²) in [5.74, 6) is 1.80. The number of methoxy groups -OCH3 is 1. The molecule has 1 aromatic carbocycles. The van der Waals surface area contributed by atoms with Crippen LogP contribution < -0.4 is 10.1 Å². The summed E-state index contributed by atoms with van der Waals surface area (Å²) in [6, 6.07) is 9.64. The van der Waals surface area contributed by atoms with E-state index in [9.17, 15) is 5.26 Å². The van der Waals surface area contributed by atoms with Crippen molar-refractivity contribution in [3.8, 4) is 11.8 Å². The Kier molecular flexibility index (Phi) is 4.43. The van der Waals surface area contributed by atoms with E-state index in [0.717, 1.165) is 5.69 Å². The molecule has 0 aliphatic rings. The van der Waals surface area contributed by atoms with E-state index < -0.39 is 0 Å². The fourth-order valence-corrected chi connectivity index (χ4v) is 2.33. The van der Waals surface area contributed by atoms with Gasteiger partial charge in [-0.25, -0.2) is 9.97 Å². The maximum Gasteiger partial charge on any atom is 0.153 e. The summed E-state index contributed by atoms with van der Waals surface area (Å²) in [5, 5.41) is 13.1. The maximum atomic E-state index is 9.31. The molecule has 2 aromatic rings. The summed E-state index contributed by atoms with van der Waals surface area (Å²) in [6.45, 7) is 1.80. The zero-order valence-corrected chi connectivity index (χ0v) is 12.3. The third-order valence-corrected chi connectivity index (χ3v) is 3.33. The van der Waals surface area contributed by atoms with Crippen molar-refractivity contribution in [2.24, 2.45) is 0 Å². The number of nitrogens with one attached hydrogen (secondary N) is 1. The average molecular weight is 286 g/mol. The lowest BCUT2D eigenvalue weighted by atomic mass is 10.2. The van der Waals surface area contributed by atoms with Crippen molar-refractivity contribution in [3.05, 3.63) is 35.7 Å². The summed E-state index contributed by atoms with van der Waals surface area (Å²) in [4.78, 5) is 8.58. The number of ether oxygens (including phenoxy) is 1. The molecular weight excluding hydrogens is 272 g/mol. The Hall–Kier alpha value is -2.26. The highest BCUT2D eigenvalue weighted by molar-refractivity contribution is 7.98. The number of rotatable bonds is 4. The van der Waals surface area contributed by atoms with Gasteiger partial charge in [-0.2, -0.15) is 5.26 Å². The quantitative estimate of drug-likeness (QED) is 0.687. The summed E-state index contributed by atoms with van der Waals surface area (Å²) < 4.78 is 5.28. The first-order valence-electron chi connectivity index (χ1n) is 5.92. The van der Waals surface area contributed by atoms with Crippen molar-refractivity contribution in [1.82, 2.24) is 9.97 Å². The van der Waals surface area contributed by atoms with E-state index >= 15 is 0 Å². The molecule has 0 saturated carbocycles. The van der Waals surface area contributed by atoms with Gasteiger partial charge < -0.3 is 10.1 Å². The van der Waals surface area contributed by atoms with Crippen molar-refractivity contribution >= 4 is 23.3 Å². The van der Waals surface area contributed by atoms with Gasteiger partial charge >= 0.3 is 0 Å². The second kappa shape index (κ2) is 6.26. The van der Waals surface area contributed by atoms with Crippen LogP contribution in [0.2, 0.25) is 0 Å². The molecule has 0 fully saturated rings. The van der Waals surface area contributed by atoms with Crippen LogP contribution in [-0.2, 0) is 0 Å². The lowest BCUT2D eigenvalue weighted by Gasteiger charge is -2.12. The zero-order valence-electron chi connectivity index (χ0n) is 11.5. The molecule has 0 amide bonds. The first-order chi connectivity index (χ1) is 9.69. The minimum absolute atomic E-state index is 0.439. The lowest BCUT2D eigenvalue weighted by Crippen LogP contribution is -2.04. The number of anilines is 2. The first-order valence-corrected chi connectivity index (χ1v) is 7.14. The van der Waals surface area contributed by atoms with Crippen LogP contribution in [0.25, 0.3) is 0 Å². The second-order valence-electron chi connectivity index (χ2n) is 3.94. The Bertz CT molecular complexity index is 667. The molecule has 1 N–H and O–H groups in total. The van der Waals surface area contributed by atoms with Crippen LogP contribution in [0.5, 0.6) is 5.75 Å². The molecule has 0 bridgehead atoms. The third-order valence-electron chi connectivity index (χ3n) is 2.65. The number of nitrogens with zero attached hydrogens (tertiary/aromatic N) is 3. The summed E-state index contributed by atoms with van der Waals surface area (Å²) in [7, 11) is 1.60. The van der Waals surface area contributed by atoms with Gasteiger partial charge in [0, 0.05) is 0 Å². The Morgan fingerprint density at radius 3 is 2.70 bits per heavy atom. The second-order valence-corrected chi connectivity index (χ2v) is 4.74. The summed E-state index contributed by atoms with van der Waals surface area (Å²) in [5.41, 5.74) is 1.20. The van der Waals surface area contributed by atoms with Gasteiger partial charge in [0.25, 0.3) is 0 Å². The maximum absolute atomic E-state index is 9.31.